The highest BCUT2D eigenvalue weighted by molar-refractivity contribution is 6.31. The number of hydrogen-bond donors (Lipinski definition) is 0. The molecule has 0 bridgehead atoms. The summed E-state index contributed by atoms with van der Waals surface area (Å²) < 4.78 is 2.45. The summed E-state index contributed by atoms with van der Waals surface area (Å²) in [6.45, 7) is 9.90. The maximum atomic E-state index is 6.29. The maximum Gasteiger partial charge on any atom is 0.0505 e. The van der Waals surface area contributed by atoms with Gasteiger partial charge < -0.3 is 14.2 Å². The fourth-order valence-electron chi connectivity index (χ4n) is 6.72. The lowest BCUT2D eigenvalue weighted by atomic mass is 9.99. The monoisotopic (exact) mass is 609 g/mol. The van der Waals surface area contributed by atoms with Gasteiger partial charge in [0.05, 0.1) is 5.52 Å². The summed E-state index contributed by atoms with van der Waals surface area (Å²) in [5, 5.41) is 1.59. The third kappa shape index (κ3) is 6.13. The Hall–Kier alpha value is -3.48. The minimum atomic E-state index is 0.797. The van der Waals surface area contributed by atoms with Gasteiger partial charge in [-0.15, -0.1) is 0 Å². The molecule has 220 valence electrons. The van der Waals surface area contributed by atoms with Crippen molar-refractivity contribution >= 4 is 40.1 Å². The predicted octanol–water partition coefficient (Wildman–Crippen LogP) is 7.56. The zero-order valence-corrected chi connectivity index (χ0v) is 25.9. The normalized spacial score (nSPS) is 16.7. The van der Waals surface area contributed by atoms with Gasteiger partial charge in [-0.1, -0.05) is 71.7 Å². The van der Waals surface area contributed by atoms with E-state index in [1.165, 1.54) is 39.3 Å². The van der Waals surface area contributed by atoms with Crippen LogP contribution in [0.25, 0.3) is 16.6 Å². The van der Waals surface area contributed by atoms with Crippen LogP contribution >= 0.6 is 23.2 Å². The van der Waals surface area contributed by atoms with Crippen LogP contribution in [-0.4, -0.2) is 66.6 Å². The van der Waals surface area contributed by atoms with E-state index in [-0.39, 0.29) is 0 Å². The number of anilines is 2. The van der Waals surface area contributed by atoms with Gasteiger partial charge in [-0.05, 0) is 59.7 Å². The minimum absolute atomic E-state index is 0.797. The molecule has 0 spiro atoms. The Labute approximate surface area is 264 Å². The number of aromatic nitrogens is 1. The van der Waals surface area contributed by atoms with E-state index in [9.17, 15) is 0 Å². The van der Waals surface area contributed by atoms with Gasteiger partial charge in [0.1, 0.15) is 0 Å². The standard InChI is InChI=1S/C36H37Cl2N5/c37-29-10-6-12-31(24-29)41-20-16-39(17-21-41)26-33-34-14-4-5-15-43(34)35(36(33)28-8-2-1-3-9-28)27-40-18-22-42(23-19-40)32-13-7-11-30(38)25-32/h1-15,24-25H,16-23,26-27H2. The SMILES string of the molecule is Clc1cccc(N2CCN(Cc3c(-c4ccccc4)c(CN4CCN(c5cccc(Cl)c5)CC4)n4ccccc34)CC2)c1. The minimum Gasteiger partial charge on any atom is -0.369 e. The Morgan fingerprint density at radius 1 is 0.535 bits per heavy atom. The highest BCUT2D eigenvalue weighted by Gasteiger charge is 2.26. The van der Waals surface area contributed by atoms with Gasteiger partial charge in [-0.3, -0.25) is 9.80 Å². The van der Waals surface area contributed by atoms with E-state index >= 15 is 0 Å². The van der Waals surface area contributed by atoms with Crippen molar-refractivity contribution in [3.05, 3.63) is 125 Å². The second kappa shape index (κ2) is 12.6. The van der Waals surface area contributed by atoms with Gasteiger partial charge in [-0.25, -0.2) is 0 Å². The first-order valence-electron chi connectivity index (χ1n) is 15.2. The van der Waals surface area contributed by atoms with Gasteiger partial charge in [0.25, 0.3) is 0 Å². The number of nitrogens with zero attached hydrogens (tertiary/aromatic N) is 5. The van der Waals surface area contributed by atoms with E-state index in [0.29, 0.717) is 0 Å². The number of fused-ring (bicyclic) bond motifs is 1. The molecular formula is C36H37Cl2N5. The van der Waals surface area contributed by atoms with Gasteiger partial charge in [0.2, 0.25) is 0 Å². The molecule has 0 atom stereocenters. The quantitative estimate of drug-likeness (QED) is 0.189. The van der Waals surface area contributed by atoms with E-state index in [1.54, 1.807) is 0 Å². The van der Waals surface area contributed by atoms with Gasteiger partial charge in [0.15, 0.2) is 0 Å². The van der Waals surface area contributed by atoms with Crippen molar-refractivity contribution in [3.63, 3.8) is 0 Å². The lowest BCUT2D eigenvalue weighted by molar-refractivity contribution is 0.246. The molecule has 5 nitrogen and oxygen atoms in total. The third-order valence-electron chi connectivity index (χ3n) is 8.96. The number of hydrogen-bond acceptors (Lipinski definition) is 4. The number of halogens is 2. The molecule has 5 aromatic rings. The number of pyridine rings is 1. The molecule has 0 amide bonds. The summed E-state index contributed by atoms with van der Waals surface area (Å²) in [7, 11) is 0. The third-order valence-corrected chi connectivity index (χ3v) is 9.43. The Balaban J connectivity index is 1.15. The molecular weight excluding hydrogens is 573 g/mol. The number of rotatable bonds is 7. The van der Waals surface area contributed by atoms with E-state index in [0.717, 1.165) is 75.5 Å². The van der Waals surface area contributed by atoms with Crippen molar-refractivity contribution in [2.75, 3.05) is 62.2 Å². The van der Waals surface area contributed by atoms with Crippen molar-refractivity contribution in [1.29, 1.82) is 0 Å². The maximum absolute atomic E-state index is 6.29. The molecule has 7 rings (SSSR count). The van der Waals surface area contributed by atoms with Gasteiger partial charge in [-0.2, -0.15) is 0 Å². The number of piperazine rings is 2. The smallest absolute Gasteiger partial charge is 0.0505 e. The Bertz CT molecular complexity index is 1580. The summed E-state index contributed by atoms with van der Waals surface area (Å²) in [6, 6.07) is 34.1. The van der Waals surface area contributed by atoms with Crippen LogP contribution in [0.15, 0.2) is 103 Å². The average Bonchev–Trinajstić information content (AvgIpc) is 3.34. The van der Waals surface area contributed by atoms with Crippen molar-refractivity contribution in [1.82, 2.24) is 14.2 Å². The number of benzene rings is 3. The Morgan fingerprint density at radius 2 is 1.09 bits per heavy atom. The molecule has 0 aliphatic carbocycles. The van der Waals surface area contributed by atoms with Crippen LogP contribution in [0.2, 0.25) is 10.0 Å². The molecule has 0 saturated carbocycles. The Morgan fingerprint density at radius 3 is 1.67 bits per heavy atom. The molecule has 7 heteroatoms. The lowest BCUT2D eigenvalue weighted by Crippen LogP contribution is -2.46. The molecule has 0 unspecified atom stereocenters. The van der Waals surface area contributed by atoms with Crippen LogP contribution in [-0.2, 0) is 13.1 Å². The molecule has 0 radical (unpaired) electrons. The molecule has 2 aromatic heterocycles. The summed E-state index contributed by atoms with van der Waals surface area (Å²) in [5.74, 6) is 0. The van der Waals surface area contributed by atoms with Crippen LogP contribution < -0.4 is 9.80 Å². The average molecular weight is 611 g/mol. The summed E-state index contributed by atoms with van der Waals surface area (Å²) in [4.78, 5) is 10.1. The molecule has 0 N–H and O–H groups in total. The van der Waals surface area contributed by atoms with E-state index < -0.39 is 0 Å². The van der Waals surface area contributed by atoms with Crippen molar-refractivity contribution in [3.8, 4) is 11.1 Å². The molecule has 3 aromatic carbocycles. The summed E-state index contributed by atoms with van der Waals surface area (Å²) in [6.07, 6.45) is 2.25. The van der Waals surface area contributed by atoms with Gasteiger partial charge >= 0.3 is 0 Å². The van der Waals surface area contributed by atoms with Crippen LogP contribution in [0, 0.1) is 0 Å². The second-order valence-electron chi connectivity index (χ2n) is 11.6. The molecule has 2 aliphatic heterocycles. The van der Waals surface area contributed by atoms with Crippen LogP contribution in [0.1, 0.15) is 11.3 Å². The zero-order chi connectivity index (χ0) is 29.2. The second-order valence-corrected chi connectivity index (χ2v) is 12.5. The van der Waals surface area contributed by atoms with Crippen molar-refractivity contribution in [2.24, 2.45) is 0 Å². The fraction of sp³-hybridized carbons (Fsp3) is 0.278. The highest BCUT2D eigenvalue weighted by Crippen LogP contribution is 2.36. The van der Waals surface area contributed by atoms with E-state index in [2.05, 4.69) is 103 Å². The topological polar surface area (TPSA) is 17.4 Å². The van der Waals surface area contributed by atoms with Crippen LogP contribution in [0.4, 0.5) is 11.4 Å². The molecule has 2 fully saturated rings. The predicted molar refractivity (Wildman–Crippen MR) is 181 cm³/mol. The van der Waals surface area contributed by atoms with E-state index in [1.807, 2.05) is 24.3 Å². The molecule has 43 heavy (non-hydrogen) atoms. The van der Waals surface area contributed by atoms with Gasteiger partial charge in [0, 0.05) is 104 Å². The van der Waals surface area contributed by atoms with E-state index in [4.69, 9.17) is 23.2 Å². The lowest BCUT2D eigenvalue weighted by Gasteiger charge is -2.36. The first-order valence-corrected chi connectivity index (χ1v) is 16.0. The molecule has 4 heterocycles. The molecule has 2 aliphatic rings. The largest absolute Gasteiger partial charge is 0.369 e. The molecule has 2 saturated heterocycles. The van der Waals surface area contributed by atoms with Crippen LogP contribution in [0.5, 0.6) is 0 Å². The Kier molecular flexibility index (Phi) is 8.31. The summed E-state index contributed by atoms with van der Waals surface area (Å²) >= 11 is 12.6. The fourth-order valence-corrected chi connectivity index (χ4v) is 7.09. The van der Waals surface area contributed by atoms with Crippen LogP contribution in [0.3, 0.4) is 0 Å². The first-order chi connectivity index (χ1) is 21.1. The highest BCUT2D eigenvalue weighted by atomic mass is 35.5. The van der Waals surface area contributed by atoms with Crippen molar-refractivity contribution < 1.29 is 0 Å². The zero-order valence-electron chi connectivity index (χ0n) is 24.4. The summed E-state index contributed by atoms with van der Waals surface area (Å²) in [5.41, 5.74) is 9.23. The first kappa shape index (κ1) is 28.3. The van der Waals surface area contributed by atoms with Crippen molar-refractivity contribution in [2.45, 2.75) is 13.1 Å².